The quantitative estimate of drug-likeness (QED) is 0.540. The molecule has 0 aliphatic rings. The van der Waals surface area contributed by atoms with Crippen molar-refractivity contribution in [1.82, 2.24) is 0 Å². The van der Waals surface area contributed by atoms with Gasteiger partial charge in [-0.2, -0.15) is 0 Å². The Bertz CT molecular complexity index is 285. The second-order valence-electron chi connectivity index (χ2n) is 2.53. The summed E-state index contributed by atoms with van der Waals surface area (Å²) in [4.78, 5) is 0. The third kappa shape index (κ3) is 3.22. The van der Waals surface area contributed by atoms with E-state index in [-0.39, 0.29) is 0 Å². The van der Waals surface area contributed by atoms with Gasteiger partial charge in [0.05, 0.1) is 0 Å². The minimum atomic E-state index is 0.516. The number of benzene rings is 1. The number of rotatable bonds is 3. The van der Waals surface area contributed by atoms with Gasteiger partial charge in [-0.05, 0) is 24.1 Å². The highest BCUT2D eigenvalue weighted by atomic mass is 35.5. The van der Waals surface area contributed by atoms with Gasteiger partial charge in [-0.25, -0.2) is 0 Å². The van der Waals surface area contributed by atoms with Crippen molar-refractivity contribution in [3.63, 3.8) is 0 Å². The van der Waals surface area contributed by atoms with Crippen LogP contribution in [0, 0.1) is 0 Å². The smallest absolute Gasteiger partial charge is 0.0456 e. The standard InChI is InChI=1S/C10H9Cl3/c11-7-2-1-4-8-9(12)5-3-6-10(8)13/h1-3,5-6H,4,7H2. The highest BCUT2D eigenvalue weighted by Gasteiger charge is 2.01. The van der Waals surface area contributed by atoms with Crippen LogP contribution in [0.4, 0.5) is 0 Å². The van der Waals surface area contributed by atoms with E-state index in [1.54, 1.807) is 0 Å². The minimum absolute atomic E-state index is 0.516. The topological polar surface area (TPSA) is 0 Å². The molecule has 0 fully saturated rings. The van der Waals surface area contributed by atoms with Crippen molar-refractivity contribution < 1.29 is 0 Å². The van der Waals surface area contributed by atoms with Crippen LogP contribution in [0.15, 0.2) is 30.4 Å². The average molecular weight is 236 g/mol. The van der Waals surface area contributed by atoms with Crippen LogP contribution in [0.3, 0.4) is 0 Å². The van der Waals surface area contributed by atoms with Gasteiger partial charge in [0, 0.05) is 15.9 Å². The average Bonchev–Trinajstić information content (AvgIpc) is 2.10. The third-order valence-corrected chi connectivity index (χ3v) is 2.53. The molecule has 0 atom stereocenters. The molecule has 3 heteroatoms. The molecule has 1 aromatic carbocycles. The molecule has 70 valence electrons. The molecule has 0 amide bonds. The van der Waals surface area contributed by atoms with Crippen molar-refractivity contribution in [2.24, 2.45) is 0 Å². The fourth-order valence-electron chi connectivity index (χ4n) is 0.992. The fourth-order valence-corrected chi connectivity index (χ4v) is 1.67. The van der Waals surface area contributed by atoms with E-state index in [2.05, 4.69) is 0 Å². The summed E-state index contributed by atoms with van der Waals surface area (Å²) in [6, 6.07) is 5.49. The molecule has 0 saturated carbocycles. The molecule has 0 aliphatic heterocycles. The summed E-state index contributed by atoms with van der Waals surface area (Å²) in [5, 5.41) is 1.40. The highest BCUT2D eigenvalue weighted by Crippen LogP contribution is 2.24. The molecule has 0 bridgehead atoms. The van der Waals surface area contributed by atoms with Crippen LogP contribution in [0.5, 0.6) is 0 Å². The normalized spacial score (nSPS) is 11.0. The van der Waals surface area contributed by atoms with E-state index in [1.165, 1.54) is 0 Å². The molecule has 0 radical (unpaired) electrons. The minimum Gasteiger partial charge on any atom is -0.122 e. The fraction of sp³-hybridized carbons (Fsp3) is 0.200. The van der Waals surface area contributed by atoms with Gasteiger partial charge in [0.25, 0.3) is 0 Å². The Hall–Kier alpha value is -0.170. The van der Waals surface area contributed by atoms with Crippen LogP contribution in [-0.2, 0) is 6.42 Å². The molecule has 0 spiro atoms. The van der Waals surface area contributed by atoms with E-state index < -0.39 is 0 Å². The van der Waals surface area contributed by atoms with Crippen LogP contribution >= 0.6 is 34.8 Å². The predicted molar refractivity (Wildman–Crippen MR) is 60.0 cm³/mol. The van der Waals surface area contributed by atoms with Gasteiger partial charge < -0.3 is 0 Å². The zero-order valence-electron chi connectivity index (χ0n) is 6.93. The maximum atomic E-state index is 5.96. The largest absolute Gasteiger partial charge is 0.122 e. The lowest BCUT2D eigenvalue weighted by Gasteiger charge is -2.02. The van der Waals surface area contributed by atoms with Crippen LogP contribution in [-0.4, -0.2) is 5.88 Å². The lowest BCUT2D eigenvalue weighted by molar-refractivity contribution is 1.26. The summed E-state index contributed by atoms with van der Waals surface area (Å²) in [6.07, 6.45) is 4.56. The van der Waals surface area contributed by atoms with Crippen molar-refractivity contribution in [2.75, 3.05) is 5.88 Å². The molecule has 13 heavy (non-hydrogen) atoms. The Kier molecular flexibility index (Phi) is 4.65. The van der Waals surface area contributed by atoms with E-state index >= 15 is 0 Å². The van der Waals surface area contributed by atoms with Gasteiger partial charge in [-0.3, -0.25) is 0 Å². The van der Waals surface area contributed by atoms with Crippen LogP contribution < -0.4 is 0 Å². The monoisotopic (exact) mass is 234 g/mol. The Labute approximate surface area is 93.1 Å². The molecule has 0 nitrogen and oxygen atoms in total. The zero-order chi connectivity index (χ0) is 9.68. The van der Waals surface area contributed by atoms with Gasteiger partial charge in [0.2, 0.25) is 0 Å². The van der Waals surface area contributed by atoms with E-state index in [4.69, 9.17) is 34.8 Å². The van der Waals surface area contributed by atoms with Crippen molar-refractivity contribution in [3.8, 4) is 0 Å². The number of halogens is 3. The van der Waals surface area contributed by atoms with Gasteiger partial charge in [-0.1, -0.05) is 41.4 Å². The molecule has 0 aliphatic carbocycles. The molecule has 0 saturated heterocycles. The molecule has 1 aromatic rings. The van der Waals surface area contributed by atoms with Crippen molar-refractivity contribution in [3.05, 3.63) is 46.0 Å². The summed E-state index contributed by atoms with van der Waals surface area (Å²) in [5.74, 6) is 0.516. The zero-order valence-corrected chi connectivity index (χ0v) is 9.20. The number of alkyl halides is 1. The Morgan fingerprint density at radius 1 is 1.08 bits per heavy atom. The van der Waals surface area contributed by atoms with Crippen molar-refractivity contribution in [2.45, 2.75) is 6.42 Å². The van der Waals surface area contributed by atoms with E-state index in [1.807, 2.05) is 30.4 Å². The van der Waals surface area contributed by atoms with Gasteiger partial charge in [-0.15, -0.1) is 11.6 Å². The summed E-state index contributed by atoms with van der Waals surface area (Å²) in [6.45, 7) is 0. The van der Waals surface area contributed by atoms with Gasteiger partial charge in [0.15, 0.2) is 0 Å². The molecular formula is C10H9Cl3. The molecule has 0 N–H and O–H groups in total. The summed E-state index contributed by atoms with van der Waals surface area (Å²) < 4.78 is 0. The summed E-state index contributed by atoms with van der Waals surface area (Å²) >= 11 is 17.4. The number of allylic oxidation sites excluding steroid dienone is 2. The maximum Gasteiger partial charge on any atom is 0.0456 e. The predicted octanol–water partition coefficient (Wildman–Crippen LogP) is 4.33. The first-order chi connectivity index (χ1) is 6.25. The van der Waals surface area contributed by atoms with Crippen LogP contribution in [0.25, 0.3) is 0 Å². The lowest BCUT2D eigenvalue weighted by atomic mass is 10.1. The van der Waals surface area contributed by atoms with E-state index in [9.17, 15) is 0 Å². The first-order valence-electron chi connectivity index (χ1n) is 3.89. The van der Waals surface area contributed by atoms with E-state index in [0.717, 1.165) is 12.0 Å². The first kappa shape index (κ1) is 10.9. The molecule has 1 rings (SSSR count). The summed E-state index contributed by atoms with van der Waals surface area (Å²) in [7, 11) is 0. The lowest BCUT2D eigenvalue weighted by Crippen LogP contribution is -1.84. The van der Waals surface area contributed by atoms with Crippen LogP contribution in [0.2, 0.25) is 10.0 Å². The molecular weight excluding hydrogens is 226 g/mol. The van der Waals surface area contributed by atoms with Gasteiger partial charge in [0.1, 0.15) is 0 Å². The first-order valence-corrected chi connectivity index (χ1v) is 5.18. The second kappa shape index (κ2) is 5.54. The van der Waals surface area contributed by atoms with Crippen molar-refractivity contribution in [1.29, 1.82) is 0 Å². The highest BCUT2D eigenvalue weighted by molar-refractivity contribution is 6.36. The van der Waals surface area contributed by atoms with Crippen LogP contribution in [0.1, 0.15) is 5.56 Å². The van der Waals surface area contributed by atoms with Crippen molar-refractivity contribution >= 4 is 34.8 Å². The third-order valence-electron chi connectivity index (χ3n) is 1.64. The number of hydrogen-bond acceptors (Lipinski definition) is 0. The van der Waals surface area contributed by atoms with E-state index in [0.29, 0.717) is 15.9 Å². The molecule has 0 unspecified atom stereocenters. The molecule has 0 heterocycles. The maximum absolute atomic E-state index is 5.96. The Balaban J connectivity index is 2.81. The van der Waals surface area contributed by atoms with Gasteiger partial charge >= 0.3 is 0 Å². The Morgan fingerprint density at radius 2 is 1.69 bits per heavy atom. The SMILES string of the molecule is ClCC=CCc1c(Cl)cccc1Cl. The molecule has 0 aromatic heterocycles. The summed E-state index contributed by atoms with van der Waals surface area (Å²) in [5.41, 5.74) is 0.951. The second-order valence-corrected chi connectivity index (χ2v) is 3.65. The Morgan fingerprint density at radius 3 is 2.23 bits per heavy atom. The number of hydrogen-bond donors (Lipinski definition) is 0.